The molecular formula is C16H17FN2O4S. The highest BCUT2D eigenvalue weighted by Crippen LogP contribution is 2.16. The lowest BCUT2D eigenvalue weighted by Crippen LogP contribution is -2.33. The van der Waals surface area contributed by atoms with Gasteiger partial charge in [-0.25, -0.2) is 17.5 Å². The lowest BCUT2D eigenvalue weighted by Gasteiger charge is -2.09. The summed E-state index contributed by atoms with van der Waals surface area (Å²) in [5.74, 6) is -0.719. The number of hydrogen-bond donors (Lipinski definition) is 2. The summed E-state index contributed by atoms with van der Waals surface area (Å²) in [6, 6.07) is 11.4. The molecule has 0 bridgehead atoms. The van der Waals surface area contributed by atoms with Crippen LogP contribution in [-0.4, -0.2) is 27.5 Å². The molecule has 0 saturated heterocycles. The van der Waals surface area contributed by atoms with Crippen LogP contribution in [0.1, 0.15) is 6.92 Å². The number of ether oxygens (including phenoxy) is 1. The van der Waals surface area contributed by atoms with Gasteiger partial charge in [0.15, 0.2) is 0 Å². The van der Waals surface area contributed by atoms with Crippen molar-refractivity contribution in [3.05, 3.63) is 54.3 Å². The number of carbonyl (C=O) groups is 1. The first-order chi connectivity index (χ1) is 11.4. The molecule has 2 N–H and O–H groups in total. The third-order valence-electron chi connectivity index (χ3n) is 3.02. The lowest BCUT2D eigenvalue weighted by atomic mass is 10.3. The number of halogens is 1. The molecule has 24 heavy (non-hydrogen) atoms. The smallest absolute Gasteiger partial charge is 0.241 e. The Balaban J connectivity index is 1.97. The molecule has 0 radical (unpaired) electrons. The van der Waals surface area contributed by atoms with E-state index in [0.29, 0.717) is 12.4 Å². The molecule has 0 saturated carbocycles. The van der Waals surface area contributed by atoms with Crippen molar-refractivity contribution in [1.82, 2.24) is 4.72 Å². The van der Waals surface area contributed by atoms with Crippen LogP contribution >= 0.6 is 0 Å². The molecule has 8 heteroatoms. The van der Waals surface area contributed by atoms with Crippen molar-refractivity contribution in [2.75, 3.05) is 18.5 Å². The van der Waals surface area contributed by atoms with Crippen LogP contribution in [0, 0.1) is 5.82 Å². The Labute approximate surface area is 139 Å². The zero-order valence-electron chi connectivity index (χ0n) is 13.0. The molecule has 0 atom stereocenters. The normalized spacial score (nSPS) is 11.1. The van der Waals surface area contributed by atoms with Crippen molar-refractivity contribution < 1.29 is 22.3 Å². The number of amides is 1. The van der Waals surface area contributed by atoms with Gasteiger partial charge < -0.3 is 10.1 Å². The average Bonchev–Trinajstić information content (AvgIpc) is 2.56. The Bertz CT molecular complexity index is 807. The van der Waals surface area contributed by atoms with Gasteiger partial charge in [-0.15, -0.1) is 0 Å². The average molecular weight is 352 g/mol. The van der Waals surface area contributed by atoms with E-state index in [2.05, 4.69) is 10.0 Å². The summed E-state index contributed by atoms with van der Waals surface area (Å²) in [6.45, 7) is 1.78. The molecule has 128 valence electrons. The van der Waals surface area contributed by atoms with Gasteiger partial charge in [0.05, 0.1) is 23.7 Å². The molecule has 2 rings (SSSR count). The van der Waals surface area contributed by atoms with Gasteiger partial charge in [0.1, 0.15) is 11.6 Å². The Hall–Kier alpha value is -2.45. The van der Waals surface area contributed by atoms with E-state index in [1.54, 1.807) is 6.07 Å². The molecule has 0 spiro atoms. The van der Waals surface area contributed by atoms with E-state index in [-0.39, 0.29) is 10.6 Å². The number of nitrogens with one attached hydrogen (secondary N) is 2. The first-order valence-electron chi connectivity index (χ1n) is 7.19. The molecule has 1 amide bonds. The summed E-state index contributed by atoms with van der Waals surface area (Å²) in [6.07, 6.45) is 0. The molecular weight excluding hydrogens is 335 g/mol. The van der Waals surface area contributed by atoms with Crippen molar-refractivity contribution in [3.63, 3.8) is 0 Å². The second-order valence-corrected chi connectivity index (χ2v) is 6.52. The maximum atomic E-state index is 13.4. The fourth-order valence-electron chi connectivity index (χ4n) is 1.88. The zero-order chi connectivity index (χ0) is 17.6. The monoisotopic (exact) mass is 352 g/mol. The topological polar surface area (TPSA) is 84.5 Å². The Morgan fingerprint density at radius 3 is 2.42 bits per heavy atom. The highest BCUT2D eigenvalue weighted by atomic mass is 32.2. The molecule has 0 aromatic heterocycles. The molecule has 0 unspecified atom stereocenters. The lowest BCUT2D eigenvalue weighted by molar-refractivity contribution is -0.115. The van der Waals surface area contributed by atoms with Gasteiger partial charge in [0, 0.05) is 0 Å². The molecule has 2 aromatic carbocycles. The van der Waals surface area contributed by atoms with E-state index < -0.39 is 28.3 Å². The van der Waals surface area contributed by atoms with Gasteiger partial charge in [0.25, 0.3) is 0 Å². The predicted octanol–water partition coefficient (Wildman–Crippen LogP) is 2.14. The minimum absolute atomic E-state index is 0.00430. The fraction of sp³-hybridized carbons (Fsp3) is 0.188. The van der Waals surface area contributed by atoms with Crippen LogP contribution in [0.2, 0.25) is 0 Å². The number of benzene rings is 2. The number of anilines is 1. The highest BCUT2D eigenvalue weighted by molar-refractivity contribution is 7.89. The first kappa shape index (κ1) is 17.9. The third kappa shape index (κ3) is 4.77. The number of para-hydroxylation sites is 1. The van der Waals surface area contributed by atoms with Gasteiger partial charge in [-0.05, 0) is 43.3 Å². The maximum absolute atomic E-state index is 13.4. The summed E-state index contributed by atoms with van der Waals surface area (Å²) < 4.78 is 45.1. The van der Waals surface area contributed by atoms with Crippen LogP contribution in [0.5, 0.6) is 5.75 Å². The van der Waals surface area contributed by atoms with Crippen molar-refractivity contribution in [2.45, 2.75) is 11.8 Å². The fourth-order valence-corrected chi connectivity index (χ4v) is 2.86. The molecule has 0 aliphatic carbocycles. The van der Waals surface area contributed by atoms with Crippen molar-refractivity contribution in [3.8, 4) is 5.75 Å². The first-order valence-corrected chi connectivity index (χ1v) is 8.67. The standard InChI is InChI=1S/C16H17FN2O4S/c1-2-23-12-7-9-13(10-8-12)24(21,22)18-11-16(20)19-15-6-4-3-5-14(15)17/h3-10,18H,2,11H2,1H3,(H,19,20). The quantitative estimate of drug-likeness (QED) is 0.800. The van der Waals surface area contributed by atoms with E-state index >= 15 is 0 Å². The Kier molecular flexibility index (Phi) is 5.88. The molecule has 0 aliphatic rings. The van der Waals surface area contributed by atoms with Crippen LogP contribution in [-0.2, 0) is 14.8 Å². The van der Waals surface area contributed by atoms with Gasteiger partial charge in [0.2, 0.25) is 15.9 Å². The SMILES string of the molecule is CCOc1ccc(S(=O)(=O)NCC(=O)Nc2ccccc2F)cc1. The van der Waals surface area contributed by atoms with E-state index in [4.69, 9.17) is 4.74 Å². The minimum atomic E-state index is -3.85. The number of carbonyl (C=O) groups excluding carboxylic acids is 1. The summed E-state index contributed by atoms with van der Waals surface area (Å²) in [7, 11) is -3.85. The summed E-state index contributed by atoms with van der Waals surface area (Å²) >= 11 is 0. The van der Waals surface area contributed by atoms with E-state index in [1.165, 1.54) is 42.5 Å². The van der Waals surface area contributed by atoms with Crippen LogP contribution in [0.25, 0.3) is 0 Å². The molecule has 2 aromatic rings. The van der Waals surface area contributed by atoms with Gasteiger partial charge in [-0.1, -0.05) is 12.1 Å². The van der Waals surface area contributed by atoms with Crippen molar-refractivity contribution >= 4 is 21.6 Å². The Morgan fingerprint density at radius 1 is 1.12 bits per heavy atom. The summed E-state index contributed by atoms with van der Waals surface area (Å²) in [4.78, 5) is 11.8. The number of hydrogen-bond acceptors (Lipinski definition) is 4. The molecule has 6 nitrogen and oxygen atoms in total. The van der Waals surface area contributed by atoms with Crippen LogP contribution in [0.3, 0.4) is 0 Å². The van der Waals surface area contributed by atoms with E-state index in [9.17, 15) is 17.6 Å². The van der Waals surface area contributed by atoms with E-state index in [1.807, 2.05) is 6.92 Å². The molecule has 0 heterocycles. The zero-order valence-corrected chi connectivity index (χ0v) is 13.8. The number of rotatable bonds is 7. The summed E-state index contributed by atoms with van der Waals surface area (Å²) in [5, 5.41) is 2.30. The predicted molar refractivity (Wildman–Crippen MR) is 87.8 cm³/mol. The third-order valence-corrected chi connectivity index (χ3v) is 4.43. The highest BCUT2D eigenvalue weighted by Gasteiger charge is 2.16. The largest absolute Gasteiger partial charge is 0.494 e. The van der Waals surface area contributed by atoms with Crippen molar-refractivity contribution in [1.29, 1.82) is 0 Å². The van der Waals surface area contributed by atoms with E-state index in [0.717, 1.165) is 0 Å². The van der Waals surface area contributed by atoms with Gasteiger partial charge in [-0.3, -0.25) is 4.79 Å². The molecule has 0 fully saturated rings. The maximum Gasteiger partial charge on any atom is 0.241 e. The van der Waals surface area contributed by atoms with Gasteiger partial charge >= 0.3 is 0 Å². The summed E-state index contributed by atoms with van der Waals surface area (Å²) in [5.41, 5.74) is -0.0113. The van der Waals surface area contributed by atoms with Gasteiger partial charge in [-0.2, -0.15) is 0 Å². The second-order valence-electron chi connectivity index (χ2n) is 4.76. The molecule has 0 aliphatic heterocycles. The minimum Gasteiger partial charge on any atom is -0.494 e. The van der Waals surface area contributed by atoms with Crippen LogP contribution in [0.4, 0.5) is 10.1 Å². The van der Waals surface area contributed by atoms with Crippen LogP contribution < -0.4 is 14.8 Å². The van der Waals surface area contributed by atoms with Crippen molar-refractivity contribution in [2.24, 2.45) is 0 Å². The number of sulfonamides is 1. The van der Waals surface area contributed by atoms with Crippen LogP contribution in [0.15, 0.2) is 53.4 Å². The Morgan fingerprint density at radius 2 is 1.79 bits per heavy atom. The second kappa shape index (κ2) is 7.89.